The van der Waals surface area contributed by atoms with E-state index in [1.165, 1.54) is 4.90 Å². The zero-order valence-electron chi connectivity index (χ0n) is 12.4. The Morgan fingerprint density at radius 3 is 2.20 bits per heavy atom. The molecule has 0 unspecified atom stereocenters. The highest BCUT2D eigenvalue weighted by molar-refractivity contribution is 5.76. The van der Waals surface area contributed by atoms with Gasteiger partial charge in [-0.1, -0.05) is 19.1 Å². The van der Waals surface area contributed by atoms with Crippen LogP contribution >= 0.6 is 0 Å². The van der Waals surface area contributed by atoms with Crippen LogP contribution in [0.25, 0.3) is 0 Å². The van der Waals surface area contributed by atoms with Gasteiger partial charge in [-0.05, 0) is 19.8 Å². The summed E-state index contributed by atoms with van der Waals surface area (Å²) in [6.45, 7) is 10.9. The van der Waals surface area contributed by atoms with Gasteiger partial charge in [-0.2, -0.15) is 0 Å². The summed E-state index contributed by atoms with van der Waals surface area (Å²) >= 11 is 0. The molecule has 0 saturated carbocycles. The fourth-order valence-electron chi connectivity index (χ4n) is 0.989. The molecular weight excluding hydrogens is 258 g/mol. The van der Waals surface area contributed by atoms with Crippen LogP contribution in [0.3, 0.4) is 0 Å². The Kier molecular flexibility index (Phi) is 21.9. The molecule has 5 nitrogen and oxygen atoms in total. The molecule has 0 aliphatic rings. The molecule has 0 spiro atoms. The topological polar surface area (TPSA) is 66.8 Å². The number of terminal acetylenes is 1. The maximum absolute atomic E-state index is 11.3. The quantitative estimate of drug-likeness (QED) is 0.443. The molecule has 0 aliphatic carbocycles. The molecule has 114 valence electrons. The Hall–Kier alpha value is -2.22. The lowest BCUT2D eigenvalue weighted by Gasteiger charge is -2.18. The van der Waals surface area contributed by atoms with Crippen LogP contribution in [0, 0.1) is 12.8 Å². The number of allylic oxidation sites excluding steroid dienone is 1. The molecule has 0 radical (unpaired) electrons. The highest BCUT2D eigenvalue weighted by Crippen LogP contribution is 1.97. The van der Waals surface area contributed by atoms with Crippen LogP contribution in [-0.2, 0) is 9.53 Å². The van der Waals surface area contributed by atoms with E-state index in [0.717, 1.165) is 0 Å². The number of carbonyl (C=O) groups is 2. The molecule has 0 atom stereocenters. The number of carbonyl (C=O) groups excluding carboxylic acids is 1. The normalized spacial score (nSPS) is 7.80. The number of nitrogens with zero attached hydrogens (tertiary/aromatic N) is 1. The first kappa shape index (κ1) is 22.9. The first-order valence-corrected chi connectivity index (χ1v) is 6.18. The van der Waals surface area contributed by atoms with Crippen molar-refractivity contribution in [3.8, 4) is 12.8 Å². The van der Waals surface area contributed by atoms with Gasteiger partial charge in [-0.15, -0.1) is 26.0 Å². The first-order chi connectivity index (χ1) is 9.53. The van der Waals surface area contributed by atoms with E-state index in [1.54, 1.807) is 12.2 Å². The minimum atomic E-state index is -1.04. The van der Waals surface area contributed by atoms with Gasteiger partial charge in [-0.25, -0.2) is 4.79 Å². The van der Waals surface area contributed by atoms with E-state index < -0.39 is 12.1 Å². The van der Waals surface area contributed by atoms with E-state index in [9.17, 15) is 9.59 Å². The van der Waals surface area contributed by atoms with Crippen molar-refractivity contribution in [1.82, 2.24) is 4.90 Å². The Bertz CT molecular complexity index is 297. The van der Waals surface area contributed by atoms with Gasteiger partial charge in [0.25, 0.3) is 0 Å². The summed E-state index contributed by atoms with van der Waals surface area (Å²) in [5.74, 6) is -1.04. The van der Waals surface area contributed by atoms with E-state index >= 15 is 0 Å². The van der Waals surface area contributed by atoms with Crippen LogP contribution in [-0.4, -0.2) is 41.8 Å². The number of hydrogen-bond donors (Lipinski definition) is 1. The van der Waals surface area contributed by atoms with Gasteiger partial charge in [0.05, 0.1) is 6.61 Å². The molecular formula is C15H25NO4. The molecule has 1 amide bonds. The van der Waals surface area contributed by atoms with E-state index in [-0.39, 0.29) is 13.2 Å². The van der Waals surface area contributed by atoms with Crippen molar-refractivity contribution in [2.24, 2.45) is 0 Å². The first-order valence-electron chi connectivity index (χ1n) is 6.18. The Morgan fingerprint density at radius 2 is 1.85 bits per heavy atom. The predicted molar refractivity (Wildman–Crippen MR) is 81.4 cm³/mol. The van der Waals surface area contributed by atoms with Gasteiger partial charge in [0, 0.05) is 6.54 Å². The summed E-state index contributed by atoms with van der Waals surface area (Å²) < 4.78 is 4.85. The van der Waals surface area contributed by atoms with E-state index in [0.29, 0.717) is 19.4 Å². The Morgan fingerprint density at radius 1 is 1.35 bits per heavy atom. The van der Waals surface area contributed by atoms with Crippen LogP contribution in [0.4, 0.5) is 4.79 Å². The zero-order chi connectivity index (χ0) is 16.4. The summed E-state index contributed by atoms with van der Waals surface area (Å²) in [4.78, 5) is 23.0. The summed E-state index contributed by atoms with van der Waals surface area (Å²) in [5.41, 5.74) is 0. The minimum absolute atomic E-state index is 0.238. The summed E-state index contributed by atoms with van der Waals surface area (Å²) in [5, 5.41) is 8.57. The molecule has 20 heavy (non-hydrogen) atoms. The lowest BCUT2D eigenvalue weighted by Crippen LogP contribution is -2.36. The molecule has 0 fully saturated rings. The lowest BCUT2D eigenvalue weighted by molar-refractivity contribution is -0.138. The number of carboxylic acids is 1. The minimum Gasteiger partial charge on any atom is -0.480 e. The number of amides is 1. The average molecular weight is 283 g/mol. The average Bonchev–Trinajstić information content (AvgIpc) is 2.41. The third-order valence-electron chi connectivity index (χ3n) is 1.63. The number of carboxylic acid groups (broad SMARTS) is 1. The fourth-order valence-corrected chi connectivity index (χ4v) is 0.989. The molecule has 0 heterocycles. The standard InChI is InChI=1S/C10H17NO4.C3H6.C2H2/c1-3-5-7-15-10(14)11(6-4-2)8-9(12)13;1-3-2;1-2/h3H,1,4-8H2,2H3,(H,12,13);3H,1H2,2H3;1-2H. The van der Waals surface area contributed by atoms with Crippen molar-refractivity contribution in [2.45, 2.75) is 26.7 Å². The monoisotopic (exact) mass is 283 g/mol. The Balaban J connectivity index is -0.000000505. The van der Waals surface area contributed by atoms with Crippen molar-refractivity contribution in [3.63, 3.8) is 0 Å². The second-order valence-electron chi connectivity index (χ2n) is 3.42. The molecule has 0 aliphatic heterocycles. The van der Waals surface area contributed by atoms with Crippen LogP contribution < -0.4 is 0 Å². The van der Waals surface area contributed by atoms with Gasteiger partial charge in [0.15, 0.2) is 0 Å². The number of hydrogen-bond acceptors (Lipinski definition) is 3. The summed E-state index contributed by atoms with van der Waals surface area (Å²) in [6, 6.07) is 0. The maximum atomic E-state index is 11.3. The maximum Gasteiger partial charge on any atom is 0.410 e. The van der Waals surface area contributed by atoms with Crippen molar-refractivity contribution < 1.29 is 19.4 Å². The van der Waals surface area contributed by atoms with Crippen molar-refractivity contribution in [2.75, 3.05) is 19.7 Å². The van der Waals surface area contributed by atoms with Crippen LogP contribution in [0.15, 0.2) is 25.3 Å². The third-order valence-corrected chi connectivity index (χ3v) is 1.63. The SMILES string of the molecule is C#C.C=CC.C=CCCOC(=O)N(CCC)CC(=O)O. The molecule has 1 N–H and O–H groups in total. The van der Waals surface area contributed by atoms with E-state index in [2.05, 4.69) is 26.0 Å². The second-order valence-corrected chi connectivity index (χ2v) is 3.42. The van der Waals surface area contributed by atoms with Crippen molar-refractivity contribution >= 4 is 12.1 Å². The molecule has 0 bridgehead atoms. The summed E-state index contributed by atoms with van der Waals surface area (Å²) in [7, 11) is 0. The Labute approximate surface area is 121 Å². The fraction of sp³-hybridized carbons (Fsp3) is 0.467. The van der Waals surface area contributed by atoms with E-state index in [1.807, 2.05) is 13.8 Å². The van der Waals surface area contributed by atoms with Crippen LogP contribution in [0.1, 0.15) is 26.7 Å². The largest absolute Gasteiger partial charge is 0.480 e. The van der Waals surface area contributed by atoms with E-state index in [4.69, 9.17) is 9.84 Å². The molecule has 0 rings (SSSR count). The number of rotatable bonds is 7. The molecule has 0 aromatic heterocycles. The number of aliphatic carboxylic acids is 1. The van der Waals surface area contributed by atoms with Crippen LogP contribution in [0.2, 0.25) is 0 Å². The van der Waals surface area contributed by atoms with Gasteiger partial charge < -0.3 is 9.84 Å². The molecule has 0 saturated heterocycles. The molecule has 5 heteroatoms. The van der Waals surface area contributed by atoms with Gasteiger partial charge in [-0.3, -0.25) is 9.69 Å². The number of ether oxygens (including phenoxy) is 1. The lowest BCUT2D eigenvalue weighted by atomic mass is 10.4. The molecule has 0 aromatic carbocycles. The summed E-state index contributed by atoms with van der Waals surface area (Å²) in [6.07, 6.45) is 12.1. The van der Waals surface area contributed by atoms with Gasteiger partial charge in [0.1, 0.15) is 6.54 Å². The highest BCUT2D eigenvalue weighted by Gasteiger charge is 2.16. The smallest absolute Gasteiger partial charge is 0.410 e. The van der Waals surface area contributed by atoms with Crippen molar-refractivity contribution in [3.05, 3.63) is 25.3 Å². The predicted octanol–water partition coefficient (Wildman–Crippen LogP) is 2.94. The van der Waals surface area contributed by atoms with Crippen LogP contribution in [0.5, 0.6) is 0 Å². The van der Waals surface area contributed by atoms with Gasteiger partial charge >= 0.3 is 12.1 Å². The van der Waals surface area contributed by atoms with Crippen molar-refractivity contribution in [1.29, 1.82) is 0 Å². The highest BCUT2D eigenvalue weighted by atomic mass is 16.6. The zero-order valence-corrected chi connectivity index (χ0v) is 12.4. The third kappa shape index (κ3) is 18.2. The molecule has 0 aromatic rings. The van der Waals surface area contributed by atoms with Gasteiger partial charge in [0.2, 0.25) is 0 Å². The second kappa shape index (κ2) is 19.1.